The van der Waals surface area contributed by atoms with Crippen LogP contribution >= 0.6 is 0 Å². The lowest BCUT2D eigenvalue weighted by atomic mass is 9.95. The second-order valence-electron chi connectivity index (χ2n) is 2.40. The summed E-state index contributed by atoms with van der Waals surface area (Å²) in [6.07, 6.45) is 1.56. The van der Waals surface area contributed by atoms with Crippen LogP contribution in [0.3, 0.4) is 0 Å². The van der Waals surface area contributed by atoms with E-state index in [2.05, 4.69) is 0 Å². The molecule has 1 aliphatic carbocycles. The molecule has 2 nitrogen and oxygen atoms in total. The molecule has 0 saturated heterocycles. The predicted molar refractivity (Wildman–Crippen MR) is 27.4 cm³/mol. The fourth-order valence-electron chi connectivity index (χ4n) is 1.03. The van der Waals surface area contributed by atoms with Crippen LogP contribution in [0.1, 0.15) is 25.7 Å². The lowest BCUT2D eigenvalue weighted by molar-refractivity contribution is -0.0136. The molecule has 0 aliphatic heterocycles. The number of hydrogen-bond donors (Lipinski definition) is 0. The predicted octanol–water partition coefficient (Wildman–Crippen LogP) is 1.16. The first-order valence-electron chi connectivity index (χ1n) is 3.10. The highest BCUT2D eigenvalue weighted by Gasteiger charge is 2.18. The molecule has 2 heteroatoms. The van der Waals surface area contributed by atoms with Gasteiger partial charge in [0.15, 0.2) is 0 Å². The van der Waals surface area contributed by atoms with E-state index in [1.165, 1.54) is 0 Å². The molecular weight excluding hydrogens is 104 g/mol. The highest BCUT2D eigenvalue weighted by atomic mass is 16.3. The van der Waals surface area contributed by atoms with E-state index < -0.39 is 12.2 Å². The van der Waals surface area contributed by atoms with E-state index in [4.69, 9.17) is 0 Å². The fraction of sp³-hybridized carbons (Fsp3) is 1.00. The number of hydrogen-bond acceptors (Lipinski definition) is 0. The summed E-state index contributed by atoms with van der Waals surface area (Å²) in [6.45, 7) is 0. The fourth-order valence-corrected chi connectivity index (χ4v) is 1.03. The van der Waals surface area contributed by atoms with Gasteiger partial charge in [0.2, 0.25) is 0 Å². The van der Waals surface area contributed by atoms with Gasteiger partial charge >= 0.3 is 0 Å². The van der Waals surface area contributed by atoms with Crippen LogP contribution in [-0.4, -0.2) is 12.2 Å². The molecule has 0 heterocycles. The van der Waals surface area contributed by atoms with E-state index in [1.807, 2.05) is 0 Å². The molecule has 0 aromatic carbocycles. The van der Waals surface area contributed by atoms with Crippen molar-refractivity contribution >= 4 is 0 Å². The summed E-state index contributed by atoms with van der Waals surface area (Å²) in [4.78, 5) is 0. The molecule has 0 amide bonds. The molecule has 0 atom stereocenters. The summed E-state index contributed by atoms with van der Waals surface area (Å²) < 4.78 is 0. The molecule has 0 aromatic rings. The van der Waals surface area contributed by atoms with Gasteiger partial charge in [-0.05, 0) is 25.7 Å². The van der Waals surface area contributed by atoms with Crippen LogP contribution in [0.5, 0.6) is 0 Å². The second kappa shape index (κ2) is 2.46. The van der Waals surface area contributed by atoms with Crippen molar-refractivity contribution in [3.63, 3.8) is 0 Å². The zero-order chi connectivity index (χ0) is 5.98. The molecule has 0 N–H and O–H groups in total. The van der Waals surface area contributed by atoms with Crippen LogP contribution in [0, 0.1) is 0 Å². The van der Waals surface area contributed by atoms with E-state index in [9.17, 15) is 10.2 Å². The molecule has 2 radical (unpaired) electrons. The Morgan fingerprint density at radius 1 is 0.750 bits per heavy atom. The van der Waals surface area contributed by atoms with E-state index in [1.54, 1.807) is 0 Å². The summed E-state index contributed by atoms with van der Waals surface area (Å²) in [5, 5.41) is 21.1. The molecule has 0 bridgehead atoms. The summed E-state index contributed by atoms with van der Waals surface area (Å²) >= 11 is 0. The summed E-state index contributed by atoms with van der Waals surface area (Å²) in [5.74, 6) is 0. The normalized spacial score (nSPS) is 39.8. The zero-order valence-electron chi connectivity index (χ0n) is 4.80. The minimum absolute atomic E-state index is 0.430. The summed E-state index contributed by atoms with van der Waals surface area (Å²) in [6, 6.07) is 0. The van der Waals surface area contributed by atoms with E-state index in [-0.39, 0.29) is 0 Å². The van der Waals surface area contributed by atoms with Crippen molar-refractivity contribution < 1.29 is 10.2 Å². The van der Waals surface area contributed by atoms with Crippen molar-refractivity contribution in [1.82, 2.24) is 0 Å². The highest BCUT2D eigenvalue weighted by Crippen LogP contribution is 2.18. The monoisotopic (exact) mass is 114 g/mol. The van der Waals surface area contributed by atoms with Gasteiger partial charge in [-0.15, -0.1) is 0 Å². The third-order valence-electron chi connectivity index (χ3n) is 1.62. The SMILES string of the molecule is [O]C1CCC([O])CC1. The average molecular weight is 114 g/mol. The second-order valence-corrected chi connectivity index (χ2v) is 2.40. The Balaban J connectivity index is 2.19. The quantitative estimate of drug-likeness (QED) is 0.453. The molecule has 1 saturated carbocycles. The Kier molecular flexibility index (Phi) is 1.86. The van der Waals surface area contributed by atoms with Crippen molar-refractivity contribution in [3.05, 3.63) is 0 Å². The minimum atomic E-state index is -0.430. The highest BCUT2D eigenvalue weighted by molar-refractivity contribution is 4.68. The van der Waals surface area contributed by atoms with Gasteiger partial charge < -0.3 is 0 Å². The Morgan fingerprint density at radius 2 is 1.00 bits per heavy atom. The van der Waals surface area contributed by atoms with Crippen LogP contribution in [0.2, 0.25) is 0 Å². The maximum absolute atomic E-state index is 10.6. The van der Waals surface area contributed by atoms with Crippen LogP contribution in [0.15, 0.2) is 0 Å². The van der Waals surface area contributed by atoms with Gasteiger partial charge in [-0.2, -0.15) is 0 Å². The molecule has 0 aromatic heterocycles. The van der Waals surface area contributed by atoms with Crippen LogP contribution < -0.4 is 0 Å². The maximum Gasteiger partial charge on any atom is 0.0932 e. The molecule has 46 valence electrons. The summed E-state index contributed by atoms with van der Waals surface area (Å²) in [5.41, 5.74) is 0. The van der Waals surface area contributed by atoms with Crippen molar-refractivity contribution in [3.8, 4) is 0 Å². The lowest BCUT2D eigenvalue weighted by Crippen LogP contribution is -2.19. The van der Waals surface area contributed by atoms with Gasteiger partial charge in [0.25, 0.3) is 0 Å². The van der Waals surface area contributed by atoms with Gasteiger partial charge in [0.05, 0.1) is 12.2 Å². The molecule has 0 spiro atoms. The molecule has 0 unspecified atom stereocenters. The topological polar surface area (TPSA) is 39.8 Å². The van der Waals surface area contributed by atoms with Crippen molar-refractivity contribution in [1.29, 1.82) is 0 Å². The smallest absolute Gasteiger partial charge is 0.0932 e. The lowest BCUT2D eigenvalue weighted by Gasteiger charge is -2.17. The first-order chi connectivity index (χ1) is 3.79. The van der Waals surface area contributed by atoms with Gasteiger partial charge in [-0.25, -0.2) is 10.2 Å². The Bertz CT molecular complexity index is 54.9. The minimum Gasteiger partial charge on any atom is -0.233 e. The van der Waals surface area contributed by atoms with Gasteiger partial charge in [-0.1, -0.05) is 0 Å². The standard InChI is InChI=1S/C6H10O2/c7-5-1-2-6(8)4-3-5/h5-6H,1-4H2. The third kappa shape index (κ3) is 1.46. The molecule has 1 aliphatic rings. The Hall–Kier alpha value is -0.0800. The third-order valence-corrected chi connectivity index (χ3v) is 1.62. The van der Waals surface area contributed by atoms with Crippen molar-refractivity contribution in [2.45, 2.75) is 37.9 Å². The van der Waals surface area contributed by atoms with E-state index in [0.717, 1.165) is 0 Å². The first kappa shape index (κ1) is 6.05. The van der Waals surface area contributed by atoms with Crippen molar-refractivity contribution in [2.24, 2.45) is 0 Å². The Morgan fingerprint density at radius 3 is 1.25 bits per heavy atom. The molecule has 1 rings (SSSR count). The largest absolute Gasteiger partial charge is 0.233 e. The van der Waals surface area contributed by atoms with Gasteiger partial charge in [0, 0.05) is 0 Å². The van der Waals surface area contributed by atoms with Crippen molar-refractivity contribution in [2.75, 3.05) is 0 Å². The number of rotatable bonds is 0. The Labute approximate surface area is 49.1 Å². The average Bonchev–Trinajstić information content (AvgIpc) is 1.77. The van der Waals surface area contributed by atoms with E-state index >= 15 is 0 Å². The maximum atomic E-state index is 10.6. The van der Waals surface area contributed by atoms with Crippen LogP contribution in [0.4, 0.5) is 0 Å². The molecule has 1 fully saturated rings. The van der Waals surface area contributed by atoms with E-state index in [0.29, 0.717) is 25.7 Å². The zero-order valence-corrected chi connectivity index (χ0v) is 4.80. The first-order valence-corrected chi connectivity index (χ1v) is 3.10. The molecule has 8 heavy (non-hydrogen) atoms. The summed E-state index contributed by atoms with van der Waals surface area (Å²) in [7, 11) is 0. The van der Waals surface area contributed by atoms with Gasteiger partial charge in [-0.3, -0.25) is 0 Å². The van der Waals surface area contributed by atoms with Gasteiger partial charge in [0.1, 0.15) is 0 Å². The molecular formula is C6H10O2. The van der Waals surface area contributed by atoms with Crippen LogP contribution in [0.25, 0.3) is 0 Å². The van der Waals surface area contributed by atoms with Crippen LogP contribution in [-0.2, 0) is 10.2 Å².